The fraction of sp³-hybridized carbons (Fsp3) is 0.143. The van der Waals surface area contributed by atoms with Crippen LogP contribution in [-0.2, 0) is 11.2 Å². The van der Waals surface area contributed by atoms with E-state index < -0.39 is 11.2 Å². The van der Waals surface area contributed by atoms with Gasteiger partial charge in [-0.05, 0) is 61.4 Å². The number of benzene rings is 3. The second-order valence-electron chi connectivity index (χ2n) is 5.76. The largest absolute Gasteiger partial charge is 0.606 e. The molecule has 122 valence electrons. The molecule has 3 aromatic rings. The SMILES string of the molecule is COc1ccc(C)c(-c2ccccc2[S@@+]([O-])c2ccc(C)cc2)c1. The van der Waals surface area contributed by atoms with Gasteiger partial charge < -0.3 is 9.29 Å². The van der Waals surface area contributed by atoms with Crippen LogP contribution in [0.15, 0.2) is 76.5 Å². The lowest BCUT2D eigenvalue weighted by Crippen LogP contribution is -2.04. The third-order valence-electron chi connectivity index (χ3n) is 4.06. The van der Waals surface area contributed by atoms with Crippen molar-refractivity contribution in [3.05, 3.63) is 77.9 Å². The monoisotopic (exact) mass is 336 g/mol. The van der Waals surface area contributed by atoms with E-state index in [0.29, 0.717) is 0 Å². The molecule has 3 rings (SSSR count). The third-order valence-corrected chi connectivity index (χ3v) is 5.51. The van der Waals surface area contributed by atoms with Crippen molar-refractivity contribution in [3.8, 4) is 16.9 Å². The minimum absolute atomic E-state index is 0.798. The standard InChI is InChI=1S/C21H20O2S/c1-15-8-12-18(13-9-15)24(22)21-7-5-4-6-19(21)20-14-17(23-3)11-10-16(20)2/h4-14H,1-3H3/t24-/m0/s1. The van der Waals surface area contributed by atoms with Crippen LogP contribution in [0.3, 0.4) is 0 Å². The van der Waals surface area contributed by atoms with Gasteiger partial charge in [0.15, 0.2) is 9.79 Å². The van der Waals surface area contributed by atoms with Crippen LogP contribution in [0.4, 0.5) is 0 Å². The maximum absolute atomic E-state index is 13.1. The van der Waals surface area contributed by atoms with E-state index in [1.54, 1.807) is 7.11 Å². The van der Waals surface area contributed by atoms with E-state index in [1.807, 2.05) is 73.7 Å². The van der Waals surface area contributed by atoms with Crippen molar-refractivity contribution in [1.29, 1.82) is 0 Å². The van der Waals surface area contributed by atoms with Gasteiger partial charge in [-0.1, -0.05) is 35.9 Å². The maximum atomic E-state index is 13.1. The highest BCUT2D eigenvalue weighted by molar-refractivity contribution is 7.91. The molecular formula is C21H20O2S. The molecule has 0 saturated heterocycles. The van der Waals surface area contributed by atoms with Gasteiger partial charge >= 0.3 is 0 Å². The number of hydrogen-bond acceptors (Lipinski definition) is 2. The molecule has 0 fully saturated rings. The summed E-state index contributed by atoms with van der Waals surface area (Å²) in [5.74, 6) is 0.798. The summed E-state index contributed by atoms with van der Waals surface area (Å²) in [4.78, 5) is 1.63. The van der Waals surface area contributed by atoms with Gasteiger partial charge in [-0.15, -0.1) is 0 Å². The first-order valence-electron chi connectivity index (χ1n) is 7.82. The van der Waals surface area contributed by atoms with Crippen LogP contribution in [0.25, 0.3) is 11.1 Å². The quantitative estimate of drug-likeness (QED) is 0.617. The molecule has 0 amide bonds. The summed E-state index contributed by atoms with van der Waals surface area (Å²) in [6.07, 6.45) is 0. The number of rotatable bonds is 4. The summed E-state index contributed by atoms with van der Waals surface area (Å²) in [5, 5.41) is 0. The molecule has 0 saturated carbocycles. The van der Waals surface area contributed by atoms with Gasteiger partial charge in [0.2, 0.25) is 0 Å². The average Bonchev–Trinajstić information content (AvgIpc) is 2.62. The minimum Gasteiger partial charge on any atom is -0.606 e. The summed E-state index contributed by atoms with van der Waals surface area (Å²) in [6.45, 7) is 4.08. The van der Waals surface area contributed by atoms with Crippen LogP contribution in [0.2, 0.25) is 0 Å². The predicted molar refractivity (Wildman–Crippen MR) is 99.0 cm³/mol. The molecule has 0 aromatic heterocycles. The van der Waals surface area contributed by atoms with Crippen molar-refractivity contribution in [1.82, 2.24) is 0 Å². The molecule has 2 nitrogen and oxygen atoms in total. The topological polar surface area (TPSA) is 32.3 Å². The van der Waals surface area contributed by atoms with E-state index in [4.69, 9.17) is 4.74 Å². The van der Waals surface area contributed by atoms with E-state index >= 15 is 0 Å². The first-order valence-corrected chi connectivity index (χ1v) is 8.97. The Morgan fingerprint density at radius 1 is 0.833 bits per heavy atom. The van der Waals surface area contributed by atoms with Gasteiger partial charge in [-0.25, -0.2) is 0 Å². The van der Waals surface area contributed by atoms with E-state index in [-0.39, 0.29) is 0 Å². The summed E-state index contributed by atoms with van der Waals surface area (Å²) < 4.78 is 18.5. The normalized spacial score (nSPS) is 12.0. The lowest BCUT2D eigenvalue weighted by molar-refractivity contribution is 0.415. The van der Waals surface area contributed by atoms with Crippen LogP contribution in [-0.4, -0.2) is 11.7 Å². The zero-order valence-corrected chi connectivity index (χ0v) is 14.9. The zero-order valence-electron chi connectivity index (χ0n) is 14.1. The van der Waals surface area contributed by atoms with Gasteiger partial charge in [0.25, 0.3) is 0 Å². The minimum atomic E-state index is -1.22. The van der Waals surface area contributed by atoms with E-state index in [0.717, 1.165) is 37.8 Å². The Kier molecular flexibility index (Phi) is 4.93. The highest BCUT2D eigenvalue weighted by Gasteiger charge is 2.20. The van der Waals surface area contributed by atoms with Crippen molar-refractivity contribution < 1.29 is 9.29 Å². The average molecular weight is 336 g/mol. The van der Waals surface area contributed by atoms with Gasteiger partial charge in [-0.3, -0.25) is 0 Å². The first kappa shape index (κ1) is 16.6. The Hall–Kier alpha value is -2.23. The van der Waals surface area contributed by atoms with E-state index in [9.17, 15) is 4.55 Å². The molecule has 3 aromatic carbocycles. The predicted octanol–water partition coefficient (Wildman–Crippen LogP) is 5.15. The number of hydrogen-bond donors (Lipinski definition) is 0. The highest BCUT2D eigenvalue weighted by atomic mass is 32.2. The number of methoxy groups -OCH3 is 1. The van der Waals surface area contributed by atoms with Crippen LogP contribution in [0, 0.1) is 13.8 Å². The summed E-state index contributed by atoms with van der Waals surface area (Å²) in [6, 6.07) is 21.7. The van der Waals surface area contributed by atoms with Crippen molar-refractivity contribution in [2.24, 2.45) is 0 Å². The highest BCUT2D eigenvalue weighted by Crippen LogP contribution is 2.34. The van der Waals surface area contributed by atoms with Crippen LogP contribution >= 0.6 is 0 Å². The molecule has 24 heavy (non-hydrogen) atoms. The molecule has 0 aliphatic heterocycles. The molecule has 1 atom stereocenters. The van der Waals surface area contributed by atoms with Gasteiger partial charge in [0.05, 0.1) is 7.11 Å². The second kappa shape index (κ2) is 7.12. The van der Waals surface area contributed by atoms with Crippen molar-refractivity contribution in [2.45, 2.75) is 23.6 Å². The Morgan fingerprint density at radius 2 is 1.54 bits per heavy atom. The molecule has 0 N–H and O–H groups in total. The molecule has 0 aliphatic rings. The molecule has 0 unspecified atom stereocenters. The molecular weight excluding hydrogens is 316 g/mol. The Balaban J connectivity index is 2.10. The third kappa shape index (κ3) is 3.32. The first-order chi connectivity index (χ1) is 11.6. The van der Waals surface area contributed by atoms with E-state index in [1.165, 1.54) is 0 Å². The smallest absolute Gasteiger partial charge is 0.166 e. The van der Waals surface area contributed by atoms with Crippen molar-refractivity contribution in [3.63, 3.8) is 0 Å². The van der Waals surface area contributed by atoms with Gasteiger partial charge in [0, 0.05) is 16.7 Å². The molecule has 0 bridgehead atoms. The van der Waals surface area contributed by atoms with Crippen molar-refractivity contribution in [2.75, 3.05) is 7.11 Å². The Labute approximate surface area is 146 Å². The molecule has 0 spiro atoms. The number of aryl methyl sites for hydroxylation is 2. The molecule has 0 aliphatic carbocycles. The summed E-state index contributed by atoms with van der Waals surface area (Å²) in [7, 11) is 1.66. The Bertz CT molecular complexity index is 841. The zero-order chi connectivity index (χ0) is 17.1. The molecule has 0 heterocycles. The maximum Gasteiger partial charge on any atom is 0.166 e. The second-order valence-corrected chi connectivity index (χ2v) is 7.21. The van der Waals surface area contributed by atoms with E-state index in [2.05, 4.69) is 6.92 Å². The lowest BCUT2D eigenvalue weighted by Gasteiger charge is -2.16. The van der Waals surface area contributed by atoms with Crippen LogP contribution < -0.4 is 4.74 Å². The summed E-state index contributed by atoms with van der Waals surface area (Å²) >= 11 is -1.22. The Morgan fingerprint density at radius 3 is 2.25 bits per heavy atom. The van der Waals surface area contributed by atoms with Crippen LogP contribution in [0.1, 0.15) is 11.1 Å². The lowest BCUT2D eigenvalue weighted by atomic mass is 10.0. The fourth-order valence-corrected chi connectivity index (χ4v) is 3.88. The van der Waals surface area contributed by atoms with Gasteiger partial charge in [0.1, 0.15) is 5.75 Å². The number of ether oxygens (including phenoxy) is 1. The summed E-state index contributed by atoms with van der Waals surface area (Å²) in [5.41, 5.74) is 4.31. The molecule has 3 heteroatoms. The molecule has 0 radical (unpaired) electrons. The van der Waals surface area contributed by atoms with Gasteiger partial charge in [-0.2, -0.15) is 0 Å². The fourth-order valence-electron chi connectivity index (χ4n) is 2.66. The van der Waals surface area contributed by atoms with Crippen molar-refractivity contribution >= 4 is 11.2 Å². The van der Waals surface area contributed by atoms with Crippen LogP contribution in [0.5, 0.6) is 5.75 Å².